The lowest BCUT2D eigenvalue weighted by molar-refractivity contribution is 0.139. The molecule has 4 nitrogen and oxygen atoms in total. The predicted molar refractivity (Wildman–Crippen MR) is 144 cm³/mol. The van der Waals surface area contributed by atoms with Gasteiger partial charge in [-0.15, -0.1) is 0 Å². The molecule has 0 bridgehead atoms. The molecule has 0 aromatic heterocycles. The van der Waals surface area contributed by atoms with E-state index in [0.29, 0.717) is 13.1 Å². The van der Waals surface area contributed by atoms with Gasteiger partial charge in [0, 0.05) is 37.4 Å². The Hall–Kier alpha value is -2.44. The summed E-state index contributed by atoms with van der Waals surface area (Å²) in [4.78, 5) is 12.7. The zero-order chi connectivity index (χ0) is 25.4. The molecule has 4 unspecified atom stereocenters. The van der Waals surface area contributed by atoms with Gasteiger partial charge in [-0.05, 0) is 111 Å². The number of benzene rings is 2. The van der Waals surface area contributed by atoms with Crippen molar-refractivity contribution in [3.05, 3.63) is 68.8 Å². The van der Waals surface area contributed by atoms with E-state index in [-0.39, 0.29) is 11.8 Å². The summed E-state index contributed by atoms with van der Waals surface area (Å²) in [5.41, 5.74) is 9.72. The van der Waals surface area contributed by atoms with E-state index in [2.05, 4.69) is 57.9 Å². The number of alkyl halides is 2. The maximum absolute atomic E-state index is 14.2. The first-order chi connectivity index (χ1) is 17.3. The van der Waals surface area contributed by atoms with E-state index in [0.717, 1.165) is 39.0 Å². The monoisotopic (exact) mass is 492 g/mol. The number of hydrogen-bond donors (Lipinski definition) is 0. The summed E-state index contributed by atoms with van der Waals surface area (Å²) >= 11 is 0. The van der Waals surface area contributed by atoms with Crippen LogP contribution in [0.25, 0.3) is 0 Å². The average molecular weight is 493 g/mol. The lowest BCUT2D eigenvalue weighted by Crippen LogP contribution is -2.38. The number of fused-ring (bicyclic) bond motifs is 2. The number of rotatable bonds is 2. The smallest absolute Gasteiger partial charge is 0.120 e. The highest BCUT2D eigenvalue weighted by Gasteiger charge is 2.31. The first-order valence-corrected chi connectivity index (χ1v) is 13.2. The number of halogens is 2. The highest BCUT2D eigenvalue weighted by molar-refractivity contribution is 5.85. The van der Waals surface area contributed by atoms with Gasteiger partial charge in [-0.3, -0.25) is 9.98 Å². The van der Waals surface area contributed by atoms with Crippen molar-refractivity contribution in [2.24, 2.45) is 9.98 Å². The van der Waals surface area contributed by atoms with Crippen molar-refractivity contribution in [2.75, 3.05) is 40.3 Å². The van der Waals surface area contributed by atoms with Gasteiger partial charge in [0.05, 0.1) is 13.1 Å². The minimum absolute atomic E-state index is 0.0621. The molecule has 2 aromatic carbocycles. The zero-order valence-corrected chi connectivity index (χ0v) is 22.0. The molecule has 36 heavy (non-hydrogen) atoms. The first-order valence-electron chi connectivity index (χ1n) is 13.2. The number of piperidine rings is 2. The molecule has 0 N–H and O–H groups in total. The third-order valence-electron chi connectivity index (χ3n) is 8.33. The van der Waals surface area contributed by atoms with Crippen LogP contribution in [-0.2, 0) is 13.1 Å². The van der Waals surface area contributed by atoms with Crippen LogP contribution in [0.5, 0.6) is 0 Å². The number of likely N-dealkylation sites (tertiary alicyclic amines) is 2. The lowest BCUT2D eigenvalue weighted by atomic mass is 9.84. The van der Waals surface area contributed by atoms with E-state index in [1.165, 1.54) is 44.5 Å². The van der Waals surface area contributed by atoms with E-state index in [1.807, 2.05) is 26.5 Å². The number of aryl methyl sites for hydroxylation is 2. The molecule has 4 aliphatic heterocycles. The fraction of sp³-hybridized carbons (Fsp3) is 0.533. The minimum atomic E-state index is -0.747. The molecule has 6 heteroatoms. The molecule has 0 radical (unpaired) electrons. The van der Waals surface area contributed by atoms with Crippen LogP contribution in [0, 0.1) is 13.8 Å². The van der Waals surface area contributed by atoms with Crippen LogP contribution in [0.3, 0.4) is 0 Å². The maximum atomic E-state index is 14.2. The fourth-order valence-electron chi connectivity index (χ4n) is 6.20. The topological polar surface area (TPSA) is 31.2 Å². The Morgan fingerprint density at radius 1 is 0.694 bits per heavy atom. The van der Waals surface area contributed by atoms with Crippen LogP contribution >= 0.6 is 0 Å². The summed E-state index contributed by atoms with van der Waals surface area (Å²) in [6, 6.07) is 8.68. The number of nitrogens with zero attached hydrogens (tertiary/aromatic N) is 4. The second-order valence-corrected chi connectivity index (χ2v) is 11.1. The number of hydrogen-bond acceptors (Lipinski definition) is 4. The van der Waals surface area contributed by atoms with Gasteiger partial charge < -0.3 is 9.80 Å². The largest absolute Gasteiger partial charge is 0.303 e. The van der Waals surface area contributed by atoms with Gasteiger partial charge >= 0.3 is 0 Å². The Morgan fingerprint density at radius 3 is 1.50 bits per heavy atom. The summed E-state index contributed by atoms with van der Waals surface area (Å²) in [5.74, 6) is 0.124. The van der Waals surface area contributed by atoms with Crippen molar-refractivity contribution in [3.8, 4) is 0 Å². The van der Waals surface area contributed by atoms with Crippen molar-refractivity contribution >= 4 is 12.4 Å². The molecule has 4 heterocycles. The summed E-state index contributed by atoms with van der Waals surface area (Å²) in [6.07, 6.45) is 4.18. The Morgan fingerprint density at radius 2 is 1.11 bits per heavy atom. The van der Waals surface area contributed by atoms with E-state index in [4.69, 9.17) is 0 Å². The van der Waals surface area contributed by atoms with Crippen molar-refractivity contribution in [2.45, 2.75) is 64.0 Å². The first kappa shape index (κ1) is 25.2. The molecule has 4 aliphatic rings. The molecule has 2 aromatic rings. The highest BCUT2D eigenvalue weighted by Crippen LogP contribution is 2.35. The molecule has 6 rings (SSSR count). The minimum Gasteiger partial charge on any atom is -0.303 e. The van der Waals surface area contributed by atoms with Crippen molar-refractivity contribution in [3.63, 3.8) is 0 Å². The van der Waals surface area contributed by atoms with Crippen LogP contribution in [0.4, 0.5) is 8.78 Å². The maximum Gasteiger partial charge on any atom is 0.120 e. The Labute approximate surface area is 214 Å². The molecular weight excluding hydrogens is 454 g/mol. The van der Waals surface area contributed by atoms with Gasteiger partial charge in [0.25, 0.3) is 0 Å². The average Bonchev–Trinajstić information content (AvgIpc) is 3.47. The molecular formula is C30H38F2N4. The Bertz CT molecular complexity index is 1080. The quantitative estimate of drug-likeness (QED) is 0.565. The lowest BCUT2D eigenvalue weighted by Gasteiger charge is -2.33. The SMILES string of the molecule is Cc1cc2c(cc1C1CCN(C)CC1F)CN=C2.Cc1cc2c(cc1C1CCN(C)CC1F)CN=C2. The molecule has 2 fully saturated rings. The summed E-state index contributed by atoms with van der Waals surface area (Å²) in [5, 5.41) is 0. The normalized spacial score (nSPS) is 27.5. The predicted octanol–water partition coefficient (Wildman–Crippen LogP) is 5.37. The van der Waals surface area contributed by atoms with Crippen molar-refractivity contribution in [1.29, 1.82) is 0 Å². The summed E-state index contributed by atoms with van der Waals surface area (Å²) < 4.78 is 28.5. The van der Waals surface area contributed by atoms with Gasteiger partial charge in [-0.25, -0.2) is 8.78 Å². The van der Waals surface area contributed by atoms with Crippen LogP contribution < -0.4 is 0 Å². The zero-order valence-electron chi connectivity index (χ0n) is 22.0. The van der Waals surface area contributed by atoms with Gasteiger partial charge in [-0.2, -0.15) is 0 Å². The third kappa shape index (κ3) is 5.16. The highest BCUT2D eigenvalue weighted by atomic mass is 19.1. The van der Waals surface area contributed by atoms with Gasteiger partial charge in [0.1, 0.15) is 12.3 Å². The van der Waals surface area contributed by atoms with Crippen LogP contribution in [-0.4, -0.2) is 74.8 Å². The summed E-state index contributed by atoms with van der Waals surface area (Å²) in [6.45, 7) is 8.77. The molecule has 0 aliphatic carbocycles. The Balaban J connectivity index is 0.000000148. The van der Waals surface area contributed by atoms with Crippen molar-refractivity contribution in [1.82, 2.24) is 9.80 Å². The van der Waals surface area contributed by atoms with Gasteiger partial charge in [-0.1, -0.05) is 12.1 Å². The second-order valence-electron chi connectivity index (χ2n) is 11.1. The molecule has 0 amide bonds. The molecule has 192 valence electrons. The molecule has 0 saturated carbocycles. The Kier molecular flexibility index (Phi) is 7.36. The van der Waals surface area contributed by atoms with E-state index >= 15 is 0 Å². The van der Waals surface area contributed by atoms with Gasteiger partial charge in [0.2, 0.25) is 0 Å². The summed E-state index contributed by atoms with van der Waals surface area (Å²) in [7, 11) is 3.98. The molecule has 0 spiro atoms. The third-order valence-corrected chi connectivity index (χ3v) is 8.33. The molecule has 2 saturated heterocycles. The van der Waals surface area contributed by atoms with Gasteiger partial charge in [0.15, 0.2) is 0 Å². The van der Waals surface area contributed by atoms with Crippen LogP contribution in [0.1, 0.15) is 69.2 Å². The van der Waals surface area contributed by atoms with E-state index in [9.17, 15) is 8.78 Å². The van der Waals surface area contributed by atoms with Crippen molar-refractivity contribution < 1.29 is 8.78 Å². The van der Waals surface area contributed by atoms with Crippen LogP contribution in [0.2, 0.25) is 0 Å². The van der Waals surface area contributed by atoms with E-state index < -0.39 is 12.3 Å². The number of aliphatic imine (C=N–C) groups is 2. The van der Waals surface area contributed by atoms with E-state index in [1.54, 1.807) is 0 Å². The standard InChI is InChI=1S/2C15H19FN2/c2*1-10-5-11-7-17-8-12(11)6-14(10)13-3-4-18(2)9-15(13)16/h2*5-7,13,15H,3-4,8-9H2,1-2H3. The fourth-order valence-corrected chi connectivity index (χ4v) is 6.20. The molecule has 4 atom stereocenters. The van der Waals surface area contributed by atoms with Crippen LogP contribution in [0.15, 0.2) is 34.3 Å². The second kappa shape index (κ2) is 10.5.